The van der Waals surface area contributed by atoms with Crippen LogP contribution < -0.4 is 5.32 Å². The second-order valence-electron chi connectivity index (χ2n) is 3.27. The molecule has 0 fully saturated rings. The molecule has 5 heteroatoms. The molecule has 15 heavy (non-hydrogen) atoms. The van der Waals surface area contributed by atoms with Gasteiger partial charge in [0.25, 0.3) is 0 Å². The van der Waals surface area contributed by atoms with Gasteiger partial charge in [-0.1, -0.05) is 15.9 Å². The number of benzene rings is 1. The van der Waals surface area contributed by atoms with Gasteiger partial charge in [-0.3, -0.25) is 9.59 Å². The first-order valence-electron chi connectivity index (χ1n) is 4.33. The van der Waals surface area contributed by atoms with E-state index < -0.39 is 5.82 Å². The van der Waals surface area contributed by atoms with Gasteiger partial charge in [0, 0.05) is 5.69 Å². The number of Topliss-reactive ketones (excluding diaryl/α,β-unsaturated/α-hetero) is 1. The fourth-order valence-corrected chi connectivity index (χ4v) is 1.84. The minimum atomic E-state index is -0.597. The number of nitrogens with one attached hydrogen (secondary N) is 1. The molecule has 1 aliphatic heterocycles. The van der Waals surface area contributed by atoms with Gasteiger partial charge in [-0.25, -0.2) is 4.39 Å². The molecule has 1 amide bonds. The summed E-state index contributed by atoms with van der Waals surface area (Å²) in [5.41, 5.74) is 1.16. The smallest absolute Gasteiger partial charge is 0.228 e. The van der Waals surface area contributed by atoms with E-state index in [1.54, 1.807) is 0 Å². The van der Waals surface area contributed by atoms with Gasteiger partial charge >= 0.3 is 0 Å². The number of anilines is 1. The van der Waals surface area contributed by atoms with Crippen molar-refractivity contribution in [2.75, 3.05) is 10.6 Å². The van der Waals surface area contributed by atoms with Crippen LogP contribution in [0.5, 0.6) is 0 Å². The Morgan fingerprint density at radius 3 is 2.93 bits per heavy atom. The molecule has 0 bridgehead atoms. The van der Waals surface area contributed by atoms with Crippen molar-refractivity contribution in [3.63, 3.8) is 0 Å². The van der Waals surface area contributed by atoms with E-state index >= 15 is 0 Å². The number of hydrogen-bond acceptors (Lipinski definition) is 2. The highest BCUT2D eigenvalue weighted by Crippen LogP contribution is 2.26. The topological polar surface area (TPSA) is 46.2 Å². The summed E-state index contributed by atoms with van der Waals surface area (Å²) in [7, 11) is 0. The van der Waals surface area contributed by atoms with E-state index in [4.69, 9.17) is 0 Å². The number of carbonyl (C=O) groups excluding carboxylic acids is 2. The molecule has 1 heterocycles. The number of alkyl halides is 1. The molecule has 1 aliphatic rings. The fourth-order valence-electron chi connectivity index (χ4n) is 1.53. The summed E-state index contributed by atoms with van der Waals surface area (Å²) in [6.45, 7) is 0. The molecular weight excluding hydrogens is 265 g/mol. The molecule has 3 nitrogen and oxygen atoms in total. The molecule has 0 aliphatic carbocycles. The number of amides is 1. The van der Waals surface area contributed by atoms with Crippen molar-refractivity contribution in [3.05, 3.63) is 29.1 Å². The summed E-state index contributed by atoms with van der Waals surface area (Å²) in [5, 5.41) is 2.59. The Kier molecular flexibility index (Phi) is 2.56. The third kappa shape index (κ3) is 1.79. The third-order valence-corrected chi connectivity index (χ3v) is 2.75. The van der Waals surface area contributed by atoms with Crippen molar-refractivity contribution >= 4 is 33.3 Å². The molecule has 78 valence electrons. The van der Waals surface area contributed by atoms with Crippen LogP contribution in [0.15, 0.2) is 12.1 Å². The molecule has 0 unspecified atom stereocenters. The predicted molar refractivity (Wildman–Crippen MR) is 56.9 cm³/mol. The number of hydrogen-bond donors (Lipinski definition) is 1. The number of carbonyl (C=O) groups is 2. The first-order chi connectivity index (χ1) is 7.11. The molecule has 0 aromatic heterocycles. The molecule has 1 N–H and O–H groups in total. The zero-order valence-electron chi connectivity index (χ0n) is 7.64. The fraction of sp³-hybridized carbons (Fsp3) is 0.200. The van der Waals surface area contributed by atoms with E-state index in [0.29, 0.717) is 11.3 Å². The molecular formula is C10H7BrFNO2. The maximum absolute atomic E-state index is 13.4. The van der Waals surface area contributed by atoms with Crippen LogP contribution in [0.4, 0.5) is 10.1 Å². The molecule has 0 spiro atoms. The third-order valence-electron chi connectivity index (χ3n) is 2.24. The monoisotopic (exact) mass is 271 g/mol. The Bertz CT molecular complexity index is 459. The highest BCUT2D eigenvalue weighted by atomic mass is 79.9. The van der Waals surface area contributed by atoms with Gasteiger partial charge in [-0.15, -0.1) is 0 Å². The van der Waals surface area contributed by atoms with Crippen molar-refractivity contribution in [3.8, 4) is 0 Å². The first-order valence-corrected chi connectivity index (χ1v) is 5.45. The molecule has 1 aromatic carbocycles. The number of rotatable bonds is 2. The maximum Gasteiger partial charge on any atom is 0.228 e. The van der Waals surface area contributed by atoms with Crippen molar-refractivity contribution in [1.29, 1.82) is 0 Å². The molecule has 2 rings (SSSR count). The summed E-state index contributed by atoms with van der Waals surface area (Å²) < 4.78 is 13.4. The van der Waals surface area contributed by atoms with Crippen molar-refractivity contribution < 1.29 is 14.0 Å². The summed E-state index contributed by atoms with van der Waals surface area (Å²) in [6.07, 6.45) is 0.207. The van der Waals surface area contributed by atoms with E-state index in [-0.39, 0.29) is 29.0 Å². The number of fused-ring (bicyclic) bond motifs is 1. The Labute approximate surface area is 93.8 Å². The van der Waals surface area contributed by atoms with E-state index in [1.165, 1.54) is 12.1 Å². The van der Waals surface area contributed by atoms with Crippen LogP contribution in [0, 0.1) is 5.82 Å². The van der Waals surface area contributed by atoms with Gasteiger partial charge in [0.1, 0.15) is 5.82 Å². The van der Waals surface area contributed by atoms with Crippen LogP contribution in [-0.4, -0.2) is 17.0 Å². The van der Waals surface area contributed by atoms with Crippen LogP contribution in [0.3, 0.4) is 0 Å². The highest BCUT2D eigenvalue weighted by Gasteiger charge is 2.22. The highest BCUT2D eigenvalue weighted by molar-refractivity contribution is 9.09. The standard InChI is InChI=1S/C10H7BrFNO2/c11-4-9(14)6-1-5-2-10(15)13-8(5)3-7(6)12/h1,3H,2,4H2,(H,13,15). The molecule has 0 saturated carbocycles. The van der Waals surface area contributed by atoms with Crippen molar-refractivity contribution in [2.45, 2.75) is 6.42 Å². The largest absolute Gasteiger partial charge is 0.325 e. The first kappa shape index (κ1) is 10.3. The van der Waals surface area contributed by atoms with Crippen molar-refractivity contribution in [2.24, 2.45) is 0 Å². The minimum Gasteiger partial charge on any atom is -0.325 e. The average Bonchev–Trinajstić information content (AvgIpc) is 2.55. The second-order valence-corrected chi connectivity index (χ2v) is 3.83. The summed E-state index contributed by atoms with van der Waals surface area (Å²) in [6, 6.07) is 2.63. The normalized spacial score (nSPS) is 13.6. The summed E-state index contributed by atoms with van der Waals surface area (Å²) in [4.78, 5) is 22.4. The zero-order valence-corrected chi connectivity index (χ0v) is 9.23. The van der Waals surface area contributed by atoms with Crippen LogP contribution in [0.1, 0.15) is 15.9 Å². The van der Waals surface area contributed by atoms with Gasteiger partial charge in [-0.05, 0) is 17.7 Å². The summed E-state index contributed by atoms with van der Waals surface area (Å²) >= 11 is 2.98. The van der Waals surface area contributed by atoms with Gasteiger partial charge in [0.2, 0.25) is 5.91 Å². The van der Waals surface area contributed by atoms with Crippen LogP contribution in [0.25, 0.3) is 0 Å². The lowest BCUT2D eigenvalue weighted by molar-refractivity contribution is -0.115. The van der Waals surface area contributed by atoms with Gasteiger partial charge < -0.3 is 5.32 Å². The van der Waals surface area contributed by atoms with Crippen molar-refractivity contribution in [1.82, 2.24) is 0 Å². The van der Waals surface area contributed by atoms with E-state index in [1.807, 2.05) is 0 Å². The van der Waals surface area contributed by atoms with Crippen LogP contribution in [0.2, 0.25) is 0 Å². The molecule has 0 saturated heterocycles. The van der Waals surface area contributed by atoms with E-state index in [9.17, 15) is 14.0 Å². The lowest BCUT2D eigenvalue weighted by Crippen LogP contribution is -2.04. The lowest BCUT2D eigenvalue weighted by Gasteiger charge is -2.03. The molecule has 1 aromatic rings. The SMILES string of the molecule is O=C1Cc2cc(C(=O)CBr)c(F)cc2N1. The predicted octanol–water partition coefficient (Wildman–Crippen LogP) is 1.90. The molecule has 0 atom stereocenters. The second kappa shape index (κ2) is 3.73. The minimum absolute atomic E-state index is 0.0297. The Morgan fingerprint density at radius 2 is 2.27 bits per heavy atom. The number of halogens is 2. The zero-order chi connectivity index (χ0) is 11.0. The van der Waals surface area contributed by atoms with Gasteiger partial charge in [-0.2, -0.15) is 0 Å². The average molecular weight is 272 g/mol. The van der Waals surface area contributed by atoms with Gasteiger partial charge in [0.15, 0.2) is 5.78 Å². The molecule has 0 radical (unpaired) electrons. The Hall–Kier alpha value is -1.23. The Morgan fingerprint density at radius 1 is 1.53 bits per heavy atom. The maximum atomic E-state index is 13.4. The van der Waals surface area contributed by atoms with Crippen LogP contribution in [-0.2, 0) is 11.2 Å². The lowest BCUT2D eigenvalue weighted by atomic mass is 10.1. The quantitative estimate of drug-likeness (QED) is 0.660. The van der Waals surface area contributed by atoms with Gasteiger partial charge in [0.05, 0.1) is 17.3 Å². The van der Waals surface area contributed by atoms with E-state index in [2.05, 4.69) is 21.2 Å². The Balaban J connectivity index is 2.48. The summed E-state index contributed by atoms with van der Waals surface area (Å²) in [5.74, 6) is -1.09. The van der Waals surface area contributed by atoms with E-state index in [0.717, 1.165) is 0 Å². The number of ketones is 1. The van der Waals surface area contributed by atoms with Crippen LogP contribution >= 0.6 is 15.9 Å².